The largest absolute Gasteiger partial charge is 0.490 e. The summed E-state index contributed by atoms with van der Waals surface area (Å²) in [7, 11) is 0. The van der Waals surface area contributed by atoms with E-state index in [1.54, 1.807) is 36.4 Å². The van der Waals surface area contributed by atoms with E-state index < -0.39 is 11.8 Å². The highest BCUT2D eigenvalue weighted by Crippen LogP contribution is 2.31. The number of aryl methyl sites for hydroxylation is 1. The number of halogens is 2. The molecule has 0 saturated carbocycles. The molecule has 0 amide bonds. The summed E-state index contributed by atoms with van der Waals surface area (Å²) in [6, 6.07) is 14.0. The molecule has 0 saturated heterocycles. The van der Waals surface area contributed by atoms with Gasteiger partial charge < -0.3 is 9.15 Å². The number of nitrogens with zero attached hydrogens (tertiary/aromatic N) is 1. The molecule has 2 aromatic carbocycles. The predicted octanol–water partition coefficient (Wildman–Crippen LogP) is 4.86. The van der Waals surface area contributed by atoms with Crippen LogP contribution in [-0.2, 0) is 5.92 Å². The molecule has 1 heterocycles. The average Bonchev–Trinajstić information content (AvgIpc) is 2.98. The fourth-order valence-corrected chi connectivity index (χ4v) is 2.06. The Hall–Kier alpha value is -2.69. The minimum atomic E-state index is -3.28. The summed E-state index contributed by atoms with van der Waals surface area (Å²) in [5, 5.41) is 0. The van der Waals surface area contributed by atoms with Gasteiger partial charge in [0.2, 0.25) is 0 Å². The third-order valence-electron chi connectivity index (χ3n) is 3.27. The zero-order valence-electron chi connectivity index (χ0n) is 12.5. The van der Waals surface area contributed by atoms with Gasteiger partial charge in [-0.15, -0.1) is 0 Å². The van der Waals surface area contributed by atoms with E-state index in [4.69, 9.17) is 9.15 Å². The SMILES string of the molecule is Cc1ccc(OCC=CC(F)(F)c2nc3ccccc3o2)cc1. The van der Waals surface area contributed by atoms with Gasteiger partial charge >= 0.3 is 5.92 Å². The van der Waals surface area contributed by atoms with E-state index in [9.17, 15) is 8.78 Å². The van der Waals surface area contributed by atoms with Crippen molar-refractivity contribution in [1.29, 1.82) is 0 Å². The Balaban J connectivity index is 1.66. The standard InChI is InChI=1S/C18H15F2NO2/c1-13-7-9-14(10-8-13)22-12-4-11-18(19,20)17-21-15-5-2-3-6-16(15)23-17/h2-11H,12H2,1H3. The van der Waals surface area contributed by atoms with Crippen LogP contribution in [0.15, 0.2) is 65.1 Å². The summed E-state index contributed by atoms with van der Waals surface area (Å²) in [6.07, 6.45) is 2.00. The van der Waals surface area contributed by atoms with Crippen molar-refractivity contribution >= 4 is 11.1 Å². The lowest BCUT2D eigenvalue weighted by Crippen LogP contribution is -2.10. The maximum Gasteiger partial charge on any atom is 0.340 e. The van der Waals surface area contributed by atoms with Crippen molar-refractivity contribution in [3.8, 4) is 5.75 Å². The Morgan fingerprint density at radius 2 is 1.87 bits per heavy atom. The van der Waals surface area contributed by atoms with Crippen LogP contribution >= 0.6 is 0 Å². The van der Waals surface area contributed by atoms with Gasteiger partial charge in [0.05, 0.1) is 0 Å². The number of fused-ring (bicyclic) bond motifs is 1. The summed E-state index contributed by atoms with van der Waals surface area (Å²) in [5.74, 6) is -3.27. The molecule has 0 aliphatic rings. The minimum absolute atomic E-state index is 0.0406. The number of rotatable bonds is 5. The Morgan fingerprint density at radius 3 is 2.61 bits per heavy atom. The molecule has 118 valence electrons. The van der Waals surface area contributed by atoms with Gasteiger partial charge in [-0.25, -0.2) is 4.98 Å². The number of ether oxygens (including phenoxy) is 1. The van der Waals surface area contributed by atoms with Crippen LogP contribution in [0.25, 0.3) is 11.1 Å². The van der Waals surface area contributed by atoms with Crippen molar-refractivity contribution in [2.24, 2.45) is 0 Å². The molecule has 5 heteroatoms. The zero-order chi connectivity index (χ0) is 16.3. The first-order chi connectivity index (χ1) is 11.0. The highest BCUT2D eigenvalue weighted by atomic mass is 19.3. The first kappa shape index (κ1) is 15.2. The van der Waals surface area contributed by atoms with Gasteiger partial charge in [-0.2, -0.15) is 8.78 Å². The van der Waals surface area contributed by atoms with Crippen LogP contribution < -0.4 is 4.74 Å². The molecule has 3 aromatic rings. The second-order valence-corrected chi connectivity index (χ2v) is 5.14. The van der Waals surface area contributed by atoms with Crippen LogP contribution in [0.4, 0.5) is 8.78 Å². The topological polar surface area (TPSA) is 35.3 Å². The van der Waals surface area contributed by atoms with Crippen LogP contribution in [0.5, 0.6) is 5.75 Å². The van der Waals surface area contributed by atoms with Gasteiger partial charge in [-0.3, -0.25) is 0 Å². The van der Waals surface area contributed by atoms with Crippen LogP contribution in [0.3, 0.4) is 0 Å². The van der Waals surface area contributed by atoms with Crippen LogP contribution in [0.2, 0.25) is 0 Å². The smallest absolute Gasteiger partial charge is 0.340 e. The number of aromatic nitrogens is 1. The third-order valence-corrected chi connectivity index (χ3v) is 3.27. The van der Waals surface area contributed by atoms with Crippen molar-refractivity contribution < 1.29 is 17.9 Å². The molecule has 23 heavy (non-hydrogen) atoms. The number of oxazole rings is 1. The predicted molar refractivity (Wildman–Crippen MR) is 83.7 cm³/mol. The van der Waals surface area contributed by atoms with Crippen molar-refractivity contribution in [2.45, 2.75) is 12.8 Å². The molecule has 3 nitrogen and oxygen atoms in total. The van der Waals surface area contributed by atoms with Crippen molar-refractivity contribution in [3.63, 3.8) is 0 Å². The molecule has 0 unspecified atom stereocenters. The molecule has 0 fully saturated rings. The molecule has 0 radical (unpaired) electrons. The van der Waals surface area contributed by atoms with Gasteiger partial charge in [-0.1, -0.05) is 29.8 Å². The molecule has 0 aliphatic carbocycles. The molecule has 0 bridgehead atoms. The molecular formula is C18H15F2NO2. The number of benzene rings is 2. The van der Waals surface area contributed by atoms with Gasteiger partial charge in [0.15, 0.2) is 5.58 Å². The number of allylic oxidation sites excluding steroid dienone is 1. The summed E-state index contributed by atoms with van der Waals surface area (Å²) < 4.78 is 38.6. The monoisotopic (exact) mass is 315 g/mol. The first-order valence-electron chi connectivity index (χ1n) is 7.16. The fraction of sp³-hybridized carbons (Fsp3) is 0.167. The van der Waals surface area contributed by atoms with E-state index in [0.29, 0.717) is 16.8 Å². The van der Waals surface area contributed by atoms with Crippen LogP contribution in [0, 0.1) is 6.92 Å². The van der Waals surface area contributed by atoms with E-state index in [1.165, 1.54) is 6.08 Å². The van der Waals surface area contributed by atoms with Crippen LogP contribution in [0.1, 0.15) is 11.5 Å². The Kier molecular flexibility index (Phi) is 4.10. The molecule has 0 aliphatic heterocycles. The number of para-hydroxylation sites is 2. The lowest BCUT2D eigenvalue weighted by Gasteiger charge is -2.07. The zero-order valence-corrected chi connectivity index (χ0v) is 12.5. The average molecular weight is 315 g/mol. The number of alkyl halides is 2. The summed E-state index contributed by atoms with van der Waals surface area (Å²) in [5.41, 5.74) is 1.85. The Bertz CT molecular complexity index is 789. The Morgan fingerprint density at radius 1 is 1.13 bits per heavy atom. The van der Waals surface area contributed by atoms with E-state index in [0.717, 1.165) is 11.6 Å². The normalized spacial score (nSPS) is 12.1. The summed E-state index contributed by atoms with van der Waals surface area (Å²) in [6.45, 7) is 2.00. The summed E-state index contributed by atoms with van der Waals surface area (Å²) >= 11 is 0. The third kappa shape index (κ3) is 3.56. The molecule has 1 aromatic heterocycles. The quantitative estimate of drug-likeness (QED) is 0.631. The molecule has 0 N–H and O–H groups in total. The minimum Gasteiger partial charge on any atom is -0.490 e. The molecule has 0 spiro atoms. The highest BCUT2D eigenvalue weighted by molar-refractivity contribution is 5.72. The lowest BCUT2D eigenvalue weighted by atomic mass is 10.2. The van der Waals surface area contributed by atoms with E-state index in [2.05, 4.69) is 4.98 Å². The fourth-order valence-electron chi connectivity index (χ4n) is 2.06. The second kappa shape index (κ2) is 6.20. The molecular weight excluding hydrogens is 300 g/mol. The van der Waals surface area contributed by atoms with Crippen molar-refractivity contribution in [3.05, 3.63) is 72.1 Å². The van der Waals surface area contributed by atoms with Crippen LogP contribution in [-0.4, -0.2) is 11.6 Å². The second-order valence-electron chi connectivity index (χ2n) is 5.14. The van der Waals surface area contributed by atoms with Gasteiger partial charge in [0.25, 0.3) is 5.89 Å². The number of hydrogen-bond donors (Lipinski definition) is 0. The van der Waals surface area contributed by atoms with Gasteiger partial charge in [-0.05, 0) is 43.3 Å². The van der Waals surface area contributed by atoms with Gasteiger partial charge in [0.1, 0.15) is 17.9 Å². The number of hydrogen-bond acceptors (Lipinski definition) is 3. The highest BCUT2D eigenvalue weighted by Gasteiger charge is 2.34. The van der Waals surface area contributed by atoms with Crippen molar-refractivity contribution in [1.82, 2.24) is 4.98 Å². The van der Waals surface area contributed by atoms with Crippen molar-refractivity contribution in [2.75, 3.05) is 6.61 Å². The maximum atomic E-state index is 14.1. The first-order valence-corrected chi connectivity index (χ1v) is 7.16. The summed E-state index contributed by atoms with van der Waals surface area (Å²) in [4.78, 5) is 3.82. The molecule has 3 rings (SSSR count). The van der Waals surface area contributed by atoms with E-state index in [1.807, 2.05) is 19.1 Å². The van der Waals surface area contributed by atoms with Gasteiger partial charge in [0, 0.05) is 0 Å². The Labute approximate surface area is 132 Å². The lowest BCUT2D eigenvalue weighted by molar-refractivity contribution is 0.0229. The van der Waals surface area contributed by atoms with E-state index >= 15 is 0 Å². The van der Waals surface area contributed by atoms with E-state index in [-0.39, 0.29) is 6.61 Å². The molecule has 0 atom stereocenters. The maximum absolute atomic E-state index is 14.1.